The molecule has 0 atom stereocenters. The number of hydrogen-bond acceptors (Lipinski definition) is 4. The average Bonchev–Trinajstić information content (AvgIpc) is 3.02. The fourth-order valence-corrected chi connectivity index (χ4v) is 2.80. The number of nitrogens with zero attached hydrogens (tertiary/aromatic N) is 1. The molecule has 25 heavy (non-hydrogen) atoms. The molecule has 0 saturated heterocycles. The number of halogens is 1. The number of ether oxygens (including phenoxy) is 2. The van der Waals surface area contributed by atoms with Gasteiger partial charge in [0, 0.05) is 10.2 Å². The normalized spacial score (nSPS) is 12.6. The van der Waals surface area contributed by atoms with Gasteiger partial charge >= 0.3 is 0 Å². The van der Waals surface area contributed by atoms with E-state index in [1.807, 2.05) is 38.1 Å². The first-order valence-corrected chi connectivity index (χ1v) is 8.37. The Bertz CT molecular complexity index is 929. The first kappa shape index (κ1) is 17.1. The van der Waals surface area contributed by atoms with Gasteiger partial charge in [0.25, 0.3) is 5.91 Å². The van der Waals surface area contributed by atoms with Gasteiger partial charge in [-0.2, -0.15) is 5.26 Å². The molecule has 1 aliphatic rings. The zero-order chi connectivity index (χ0) is 18.0. The Morgan fingerprint density at radius 1 is 1.20 bits per heavy atom. The molecule has 1 amide bonds. The van der Waals surface area contributed by atoms with Gasteiger partial charge in [-0.3, -0.25) is 4.79 Å². The van der Waals surface area contributed by atoms with E-state index in [0.717, 1.165) is 11.1 Å². The lowest BCUT2D eigenvalue weighted by atomic mass is 10.1. The van der Waals surface area contributed by atoms with Crippen LogP contribution in [0.5, 0.6) is 11.5 Å². The highest BCUT2D eigenvalue weighted by molar-refractivity contribution is 9.10. The summed E-state index contributed by atoms with van der Waals surface area (Å²) in [5.41, 5.74) is 3.52. The van der Waals surface area contributed by atoms with Crippen molar-refractivity contribution in [2.75, 3.05) is 12.1 Å². The molecule has 0 bridgehead atoms. The predicted molar refractivity (Wildman–Crippen MR) is 98.4 cm³/mol. The Morgan fingerprint density at radius 3 is 2.60 bits per heavy atom. The number of carbonyl (C=O) groups excluding carboxylic acids is 1. The minimum absolute atomic E-state index is 0.00204. The smallest absolute Gasteiger partial charge is 0.266 e. The molecule has 0 fully saturated rings. The summed E-state index contributed by atoms with van der Waals surface area (Å²) in [7, 11) is 0. The van der Waals surface area contributed by atoms with Gasteiger partial charge in [0.1, 0.15) is 11.6 Å². The zero-order valence-electron chi connectivity index (χ0n) is 13.7. The lowest BCUT2D eigenvalue weighted by molar-refractivity contribution is -0.112. The lowest BCUT2D eigenvalue weighted by Gasteiger charge is -2.08. The van der Waals surface area contributed by atoms with Crippen molar-refractivity contribution in [1.82, 2.24) is 0 Å². The number of amides is 1. The molecular formula is C19H15BrN2O3. The van der Waals surface area contributed by atoms with Gasteiger partial charge in [0.15, 0.2) is 11.5 Å². The Hall–Kier alpha value is -2.78. The molecule has 1 N–H and O–H groups in total. The molecule has 0 spiro atoms. The number of nitriles is 1. The highest BCUT2D eigenvalue weighted by Crippen LogP contribution is 2.37. The zero-order valence-corrected chi connectivity index (χ0v) is 15.3. The van der Waals surface area contributed by atoms with Crippen molar-refractivity contribution in [3.63, 3.8) is 0 Å². The lowest BCUT2D eigenvalue weighted by Crippen LogP contribution is -2.13. The van der Waals surface area contributed by atoms with Crippen molar-refractivity contribution in [3.8, 4) is 17.6 Å². The molecule has 1 aliphatic heterocycles. The predicted octanol–water partition coefficient (Wildman–Crippen LogP) is 4.34. The van der Waals surface area contributed by atoms with Gasteiger partial charge in [0.05, 0.1) is 0 Å². The van der Waals surface area contributed by atoms with Crippen molar-refractivity contribution in [2.24, 2.45) is 0 Å². The first-order chi connectivity index (χ1) is 12.0. The van der Waals surface area contributed by atoms with E-state index in [-0.39, 0.29) is 12.4 Å². The minimum Gasteiger partial charge on any atom is -0.454 e. The Balaban J connectivity index is 1.86. The van der Waals surface area contributed by atoms with Crippen LogP contribution in [-0.4, -0.2) is 12.7 Å². The Kier molecular flexibility index (Phi) is 4.77. The van der Waals surface area contributed by atoms with Crippen LogP contribution in [0, 0.1) is 25.2 Å². The number of rotatable bonds is 3. The van der Waals surface area contributed by atoms with Crippen LogP contribution in [0.25, 0.3) is 6.08 Å². The third kappa shape index (κ3) is 3.67. The number of nitrogens with one attached hydrogen (secondary N) is 1. The SMILES string of the molecule is Cc1ccc(NC(=O)C(C#N)=Cc2cc3c(cc2Br)OCO3)cc1C. The largest absolute Gasteiger partial charge is 0.454 e. The summed E-state index contributed by atoms with van der Waals surface area (Å²) in [6.45, 7) is 4.13. The highest BCUT2D eigenvalue weighted by atomic mass is 79.9. The fraction of sp³-hybridized carbons (Fsp3) is 0.158. The van der Waals surface area contributed by atoms with Crippen LogP contribution in [0.15, 0.2) is 40.4 Å². The van der Waals surface area contributed by atoms with E-state index in [1.54, 1.807) is 12.1 Å². The molecule has 0 radical (unpaired) electrons. The second-order valence-corrected chi connectivity index (χ2v) is 6.50. The summed E-state index contributed by atoms with van der Waals surface area (Å²) in [4.78, 5) is 12.4. The summed E-state index contributed by atoms with van der Waals surface area (Å²) < 4.78 is 11.3. The molecule has 126 valence electrons. The van der Waals surface area contributed by atoms with Crippen molar-refractivity contribution in [2.45, 2.75) is 13.8 Å². The van der Waals surface area contributed by atoms with Crippen molar-refractivity contribution >= 4 is 33.6 Å². The summed E-state index contributed by atoms with van der Waals surface area (Å²) in [6, 6.07) is 11.0. The molecule has 1 heterocycles. The van der Waals surface area contributed by atoms with E-state index in [1.165, 1.54) is 6.08 Å². The molecule has 0 saturated carbocycles. The Labute approximate surface area is 154 Å². The van der Waals surface area contributed by atoms with Crippen LogP contribution in [-0.2, 0) is 4.79 Å². The van der Waals surface area contributed by atoms with E-state index >= 15 is 0 Å². The quantitative estimate of drug-likeness (QED) is 0.616. The molecular weight excluding hydrogens is 384 g/mol. The standard InChI is InChI=1S/C19H15BrN2O3/c1-11-3-4-15(5-12(11)2)22-19(23)14(9-21)6-13-7-17-18(8-16(13)20)25-10-24-17/h3-8H,10H2,1-2H3,(H,22,23). The molecule has 6 heteroatoms. The number of anilines is 1. The summed E-state index contributed by atoms with van der Waals surface area (Å²) in [6.07, 6.45) is 1.52. The van der Waals surface area contributed by atoms with Crippen molar-refractivity contribution in [3.05, 3.63) is 57.1 Å². The van der Waals surface area contributed by atoms with E-state index in [0.29, 0.717) is 27.2 Å². The maximum Gasteiger partial charge on any atom is 0.266 e. The monoisotopic (exact) mass is 398 g/mol. The van der Waals surface area contributed by atoms with E-state index in [4.69, 9.17) is 9.47 Å². The van der Waals surface area contributed by atoms with Gasteiger partial charge in [-0.05, 0) is 60.9 Å². The maximum atomic E-state index is 12.4. The van der Waals surface area contributed by atoms with Crippen molar-refractivity contribution < 1.29 is 14.3 Å². The molecule has 0 unspecified atom stereocenters. The van der Waals surface area contributed by atoms with Gasteiger partial charge in [-0.25, -0.2) is 0 Å². The maximum absolute atomic E-state index is 12.4. The van der Waals surface area contributed by atoms with E-state index in [9.17, 15) is 10.1 Å². The third-order valence-corrected chi connectivity index (χ3v) is 4.61. The second-order valence-electron chi connectivity index (χ2n) is 5.65. The molecule has 5 nitrogen and oxygen atoms in total. The number of fused-ring (bicyclic) bond motifs is 1. The van der Waals surface area contributed by atoms with Crippen LogP contribution >= 0.6 is 15.9 Å². The molecule has 3 rings (SSSR count). The van der Waals surface area contributed by atoms with Crippen LogP contribution in [0.3, 0.4) is 0 Å². The molecule has 2 aromatic rings. The Morgan fingerprint density at radius 2 is 1.92 bits per heavy atom. The second kappa shape index (κ2) is 6.99. The van der Waals surface area contributed by atoms with Gasteiger partial charge in [-0.15, -0.1) is 0 Å². The summed E-state index contributed by atoms with van der Waals surface area (Å²) in [5, 5.41) is 12.1. The topological polar surface area (TPSA) is 71.4 Å². The van der Waals surface area contributed by atoms with Crippen LogP contribution in [0.4, 0.5) is 5.69 Å². The fourth-order valence-electron chi connectivity index (χ4n) is 2.37. The first-order valence-electron chi connectivity index (χ1n) is 7.57. The number of hydrogen-bond donors (Lipinski definition) is 1. The van der Waals surface area contributed by atoms with E-state index < -0.39 is 5.91 Å². The summed E-state index contributed by atoms with van der Waals surface area (Å²) >= 11 is 3.42. The van der Waals surface area contributed by atoms with E-state index in [2.05, 4.69) is 21.2 Å². The number of benzene rings is 2. The van der Waals surface area contributed by atoms with Crippen molar-refractivity contribution in [1.29, 1.82) is 5.26 Å². The minimum atomic E-state index is -0.463. The third-order valence-electron chi connectivity index (χ3n) is 3.92. The average molecular weight is 399 g/mol. The van der Waals surface area contributed by atoms with Crippen LogP contribution in [0.2, 0.25) is 0 Å². The molecule has 0 aromatic heterocycles. The number of aryl methyl sites for hydroxylation is 2. The highest BCUT2D eigenvalue weighted by Gasteiger charge is 2.17. The van der Waals surface area contributed by atoms with Crippen LogP contribution in [0.1, 0.15) is 16.7 Å². The summed E-state index contributed by atoms with van der Waals surface area (Å²) in [5.74, 6) is 0.749. The van der Waals surface area contributed by atoms with Gasteiger partial charge in [0.2, 0.25) is 6.79 Å². The van der Waals surface area contributed by atoms with Gasteiger partial charge < -0.3 is 14.8 Å². The van der Waals surface area contributed by atoms with Gasteiger partial charge in [-0.1, -0.05) is 22.0 Å². The molecule has 0 aliphatic carbocycles. The number of carbonyl (C=O) groups is 1. The van der Waals surface area contributed by atoms with Crippen LogP contribution < -0.4 is 14.8 Å². The molecule has 2 aromatic carbocycles.